The predicted molar refractivity (Wildman–Crippen MR) is 117 cm³/mol. The first-order valence-electron chi connectivity index (χ1n) is 9.66. The zero-order chi connectivity index (χ0) is 18.5. The molecule has 0 amide bonds. The molecule has 0 aromatic heterocycles. The normalized spacial score (nSPS) is 17.4. The van der Waals surface area contributed by atoms with E-state index in [1.54, 1.807) is 0 Å². The molecular formula is C22H48N2. The second kappa shape index (κ2) is 26.9. The number of hydrogen-bond acceptors (Lipinski definition) is 2. The second-order valence-electron chi connectivity index (χ2n) is 4.87. The summed E-state index contributed by atoms with van der Waals surface area (Å²) < 4.78 is 0. The van der Waals surface area contributed by atoms with E-state index in [9.17, 15) is 0 Å². The summed E-state index contributed by atoms with van der Waals surface area (Å²) in [5.74, 6) is 0.955. The molecule has 1 saturated carbocycles. The highest BCUT2D eigenvalue weighted by Crippen LogP contribution is 2.22. The van der Waals surface area contributed by atoms with Gasteiger partial charge in [0.2, 0.25) is 0 Å². The fraction of sp³-hybridized carbons (Fsp3) is 0.727. The first kappa shape index (κ1) is 30.8. The molecule has 2 atom stereocenters. The van der Waals surface area contributed by atoms with E-state index >= 15 is 0 Å². The number of hydrogen-bond donors (Lipinski definition) is 2. The lowest BCUT2D eigenvalue weighted by Crippen LogP contribution is -2.30. The minimum Gasteiger partial charge on any atom is -0.388 e. The third kappa shape index (κ3) is 19.0. The van der Waals surface area contributed by atoms with Crippen LogP contribution in [0.15, 0.2) is 30.3 Å². The minimum atomic E-state index is 0. The summed E-state index contributed by atoms with van der Waals surface area (Å²) in [5, 5.41) is 6.36. The van der Waals surface area contributed by atoms with Crippen LogP contribution in [0, 0.1) is 5.92 Å². The zero-order valence-electron chi connectivity index (χ0n) is 17.4. The van der Waals surface area contributed by atoms with E-state index in [-0.39, 0.29) is 7.43 Å². The Hall–Kier alpha value is -1.02. The van der Waals surface area contributed by atoms with Gasteiger partial charge < -0.3 is 10.6 Å². The molecule has 2 N–H and O–H groups in total. The van der Waals surface area contributed by atoms with Crippen molar-refractivity contribution in [3.05, 3.63) is 30.3 Å². The van der Waals surface area contributed by atoms with Gasteiger partial charge in [0.25, 0.3) is 0 Å². The molecule has 0 spiro atoms. The molecule has 24 heavy (non-hydrogen) atoms. The Labute approximate surface area is 154 Å². The molecular weight excluding hydrogens is 292 g/mol. The maximum absolute atomic E-state index is 3.33. The lowest BCUT2D eigenvalue weighted by molar-refractivity contribution is 0.314. The Kier molecular flexibility index (Phi) is 34.5. The van der Waals surface area contributed by atoms with Gasteiger partial charge in [-0.3, -0.25) is 0 Å². The van der Waals surface area contributed by atoms with Gasteiger partial charge in [-0.25, -0.2) is 0 Å². The minimum absolute atomic E-state index is 0. The van der Waals surface area contributed by atoms with Gasteiger partial charge >= 0.3 is 0 Å². The molecule has 0 radical (unpaired) electrons. The third-order valence-corrected chi connectivity index (χ3v) is 3.41. The van der Waals surface area contributed by atoms with Gasteiger partial charge in [-0.1, -0.05) is 86.9 Å². The third-order valence-electron chi connectivity index (χ3n) is 3.41. The van der Waals surface area contributed by atoms with Crippen LogP contribution in [0.1, 0.15) is 81.6 Å². The van der Waals surface area contributed by atoms with Crippen molar-refractivity contribution in [1.29, 1.82) is 0 Å². The van der Waals surface area contributed by atoms with Crippen molar-refractivity contribution in [3.8, 4) is 0 Å². The molecule has 2 rings (SSSR count). The van der Waals surface area contributed by atoms with Crippen molar-refractivity contribution in [2.75, 3.05) is 19.4 Å². The summed E-state index contributed by atoms with van der Waals surface area (Å²) in [6.45, 7) is 14.4. The van der Waals surface area contributed by atoms with Gasteiger partial charge in [0.15, 0.2) is 0 Å². The van der Waals surface area contributed by atoms with Gasteiger partial charge in [0, 0.05) is 18.8 Å². The molecule has 1 fully saturated rings. The standard InChI is InChI=1S/C8H17N.C7H9N.3C2H6.CH4/c1-7-4-3-5-8(6-7)9-2;1-8-7-5-3-2-4-6-7;3*1-2;/h7-9H,3-6H2,1-2H3;2-6,8H,1H3;3*1-2H3;1H4. The van der Waals surface area contributed by atoms with Gasteiger partial charge in [0.1, 0.15) is 0 Å². The molecule has 1 aliphatic rings. The maximum Gasteiger partial charge on any atom is 0.0337 e. The molecule has 0 aliphatic heterocycles. The van der Waals surface area contributed by atoms with Crippen LogP contribution in [0.3, 0.4) is 0 Å². The molecule has 1 aromatic carbocycles. The summed E-state index contributed by atoms with van der Waals surface area (Å²) in [6.07, 6.45) is 5.64. The lowest BCUT2D eigenvalue weighted by atomic mass is 9.87. The Morgan fingerprint density at radius 3 is 1.62 bits per heavy atom. The molecule has 2 nitrogen and oxygen atoms in total. The SMILES string of the molecule is C.CC.CC.CC.CNC1CCCC(C)C1.CNc1ccccc1. The van der Waals surface area contributed by atoms with E-state index in [4.69, 9.17) is 0 Å². The van der Waals surface area contributed by atoms with Gasteiger partial charge in [-0.05, 0) is 37.9 Å². The number of anilines is 1. The van der Waals surface area contributed by atoms with E-state index in [0.29, 0.717) is 0 Å². The fourth-order valence-electron chi connectivity index (χ4n) is 2.30. The summed E-state index contributed by atoms with van der Waals surface area (Å²) in [6, 6.07) is 10.9. The Morgan fingerprint density at radius 1 is 0.833 bits per heavy atom. The molecule has 0 heterocycles. The van der Waals surface area contributed by atoms with E-state index < -0.39 is 0 Å². The lowest BCUT2D eigenvalue weighted by Gasteiger charge is -2.25. The fourth-order valence-corrected chi connectivity index (χ4v) is 2.30. The number of rotatable bonds is 2. The molecule has 2 heteroatoms. The smallest absolute Gasteiger partial charge is 0.0337 e. The monoisotopic (exact) mass is 340 g/mol. The summed E-state index contributed by atoms with van der Waals surface area (Å²) in [7, 11) is 3.98. The topological polar surface area (TPSA) is 24.1 Å². The quantitative estimate of drug-likeness (QED) is 0.593. The second-order valence-corrected chi connectivity index (χ2v) is 4.87. The Balaban J connectivity index is -0.000000124. The predicted octanol–water partition coefficient (Wildman–Crippen LogP) is 7.23. The van der Waals surface area contributed by atoms with Crippen LogP contribution in [-0.2, 0) is 0 Å². The van der Waals surface area contributed by atoms with Crippen molar-refractivity contribution >= 4 is 5.69 Å². The van der Waals surface area contributed by atoms with Crippen LogP contribution in [-0.4, -0.2) is 20.1 Å². The van der Waals surface area contributed by atoms with Crippen molar-refractivity contribution in [1.82, 2.24) is 5.32 Å². The van der Waals surface area contributed by atoms with Crippen molar-refractivity contribution < 1.29 is 0 Å². The van der Waals surface area contributed by atoms with Crippen molar-refractivity contribution in [2.45, 2.75) is 87.6 Å². The van der Waals surface area contributed by atoms with Crippen LogP contribution < -0.4 is 10.6 Å². The van der Waals surface area contributed by atoms with Crippen LogP contribution >= 0.6 is 0 Å². The van der Waals surface area contributed by atoms with Gasteiger partial charge in [0.05, 0.1) is 0 Å². The highest BCUT2D eigenvalue weighted by atomic mass is 14.9. The molecule has 146 valence electrons. The maximum atomic E-state index is 3.33. The highest BCUT2D eigenvalue weighted by Gasteiger charge is 2.16. The average Bonchev–Trinajstić information content (AvgIpc) is 2.67. The largest absolute Gasteiger partial charge is 0.388 e. The van der Waals surface area contributed by atoms with Crippen molar-refractivity contribution in [3.63, 3.8) is 0 Å². The van der Waals surface area contributed by atoms with Crippen LogP contribution in [0.25, 0.3) is 0 Å². The van der Waals surface area contributed by atoms with E-state index in [1.165, 1.54) is 25.7 Å². The Morgan fingerprint density at radius 2 is 1.33 bits per heavy atom. The summed E-state index contributed by atoms with van der Waals surface area (Å²) in [4.78, 5) is 0. The number of benzene rings is 1. The molecule has 1 aromatic rings. The van der Waals surface area contributed by atoms with E-state index in [0.717, 1.165) is 17.6 Å². The van der Waals surface area contributed by atoms with Crippen molar-refractivity contribution in [2.24, 2.45) is 5.92 Å². The van der Waals surface area contributed by atoms with Crippen LogP contribution in [0.5, 0.6) is 0 Å². The number of nitrogens with one attached hydrogen (secondary N) is 2. The van der Waals surface area contributed by atoms with E-state index in [2.05, 4.69) is 24.6 Å². The molecule has 1 aliphatic carbocycles. The van der Waals surface area contributed by atoms with Crippen LogP contribution in [0.4, 0.5) is 5.69 Å². The number of para-hydroxylation sites is 1. The highest BCUT2D eigenvalue weighted by molar-refractivity contribution is 5.41. The first-order valence-corrected chi connectivity index (χ1v) is 9.66. The van der Waals surface area contributed by atoms with Gasteiger partial charge in [-0.2, -0.15) is 0 Å². The first-order chi connectivity index (χ1) is 11.3. The average molecular weight is 341 g/mol. The molecule has 0 bridgehead atoms. The molecule has 2 unspecified atom stereocenters. The van der Waals surface area contributed by atoms with Gasteiger partial charge in [-0.15, -0.1) is 0 Å². The van der Waals surface area contributed by atoms with E-state index in [1.807, 2.05) is 78.9 Å². The summed E-state index contributed by atoms with van der Waals surface area (Å²) in [5.41, 5.74) is 1.16. The molecule has 0 saturated heterocycles. The van der Waals surface area contributed by atoms with Crippen LogP contribution in [0.2, 0.25) is 0 Å². The zero-order valence-corrected chi connectivity index (χ0v) is 17.4. The Bertz CT molecular complexity index is 285. The summed E-state index contributed by atoms with van der Waals surface area (Å²) >= 11 is 0.